The van der Waals surface area contributed by atoms with Crippen LogP contribution in [-0.4, -0.2) is 58.1 Å². The normalized spacial score (nSPS) is 12.7. The second-order valence-corrected chi connectivity index (χ2v) is 12.9. The van der Waals surface area contributed by atoms with Gasteiger partial charge in [0.25, 0.3) is 0 Å². The van der Waals surface area contributed by atoms with Gasteiger partial charge in [-0.15, -0.1) is 21.5 Å². The second-order valence-electron chi connectivity index (χ2n) is 10.5. The van der Waals surface area contributed by atoms with Crippen LogP contribution in [-0.2, 0) is 40.1 Å². The van der Waals surface area contributed by atoms with E-state index in [4.69, 9.17) is 14.2 Å². The summed E-state index contributed by atoms with van der Waals surface area (Å²) in [5, 5.41) is 15.1. The zero-order valence-electron chi connectivity index (χ0n) is 26.3. The van der Waals surface area contributed by atoms with Crippen LogP contribution in [0, 0.1) is 0 Å². The Morgan fingerprint density at radius 1 is 1.00 bits per heavy atom. The standard InChI is InChI=1S/C33H37N5O6S2/c1-5-43-24-16-12-22(13-17-24)38-27(19-34-28(39)18-21-10-14-23(42-4)15-11-21)36-37-33(38)45-20(3)30(40)35-31-29(32(41)44-6-2)25-8-7-9-26(25)46-31/h10-17,20H,5-9,18-19H2,1-4H3,(H,34,39)(H,35,40)/t20-/m0/s1. The summed E-state index contributed by atoms with van der Waals surface area (Å²) in [6.45, 7) is 6.38. The summed E-state index contributed by atoms with van der Waals surface area (Å²) >= 11 is 2.68. The van der Waals surface area contributed by atoms with Gasteiger partial charge in [0.1, 0.15) is 16.5 Å². The molecule has 0 saturated carbocycles. The van der Waals surface area contributed by atoms with Crippen LogP contribution in [0.4, 0.5) is 5.00 Å². The van der Waals surface area contributed by atoms with Crippen LogP contribution in [0.15, 0.2) is 53.7 Å². The lowest BCUT2D eigenvalue weighted by Gasteiger charge is -2.15. The molecule has 0 spiro atoms. The summed E-state index contributed by atoms with van der Waals surface area (Å²) in [5.74, 6) is 1.09. The number of nitrogens with one attached hydrogen (secondary N) is 2. The number of ether oxygens (including phenoxy) is 3. The summed E-state index contributed by atoms with van der Waals surface area (Å²) in [6.07, 6.45) is 2.86. The van der Waals surface area contributed by atoms with Gasteiger partial charge >= 0.3 is 5.97 Å². The average molecular weight is 664 g/mol. The van der Waals surface area contributed by atoms with E-state index in [9.17, 15) is 14.4 Å². The van der Waals surface area contributed by atoms with E-state index in [1.54, 1.807) is 21.0 Å². The molecule has 13 heteroatoms. The minimum Gasteiger partial charge on any atom is -0.497 e. The molecule has 1 aliphatic carbocycles. The molecule has 1 atom stereocenters. The predicted molar refractivity (Wildman–Crippen MR) is 177 cm³/mol. The first-order valence-corrected chi connectivity index (χ1v) is 16.9. The van der Waals surface area contributed by atoms with Gasteiger partial charge in [0.05, 0.1) is 44.1 Å². The number of nitrogens with zero attached hydrogens (tertiary/aromatic N) is 3. The molecule has 0 saturated heterocycles. The van der Waals surface area contributed by atoms with Crippen molar-refractivity contribution in [3.05, 3.63) is 75.9 Å². The molecule has 2 heterocycles. The fourth-order valence-electron chi connectivity index (χ4n) is 5.11. The molecule has 2 aromatic heterocycles. The van der Waals surface area contributed by atoms with Gasteiger partial charge in [0.15, 0.2) is 11.0 Å². The summed E-state index contributed by atoms with van der Waals surface area (Å²) in [5.41, 5.74) is 3.05. The molecule has 5 rings (SSSR count). The van der Waals surface area contributed by atoms with Crippen molar-refractivity contribution in [1.82, 2.24) is 20.1 Å². The van der Waals surface area contributed by atoms with Crippen LogP contribution in [0.2, 0.25) is 0 Å². The third kappa shape index (κ3) is 7.71. The number of methoxy groups -OCH3 is 1. The van der Waals surface area contributed by atoms with E-state index >= 15 is 0 Å². The van der Waals surface area contributed by atoms with Gasteiger partial charge < -0.3 is 24.8 Å². The number of hydrogen-bond acceptors (Lipinski definition) is 10. The SMILES string of the molecule is CCOC(=O)c1c(NC(=O)[C@H](C)Sc2nnc(CNC(=O)Cc3ccc(OC)cc3)n2-c2ccc(OCC)cc2)sc2c1CCC2. The molecule has 2 amide bonds. The highest BCUT2D eigenvalue weighted by atomic mass is 32.2. The Morgan fingerprint density at radius 3 is 2.43 bits per heavy atom. The van der Waals surface area contributed by atoms with Crippen LogP contribution in [0.5, 0.6) is 11.5 Å². The van der Waals surface area contributed by atoms with Gasteiger partial charge in [-0.3, -0.25) is 14.2 Å². The van der Waals surface area contributed by atoms with Crippen molar-refractivity contribution in [3.8, 4) is 17.2 Å². The Bertz CT molecular complexity index is 1680. The van der Waals surface area contributed by atoms with Crippen LogP contribution in [0.3, 0.4) is 0 Å². The zero-order valence-corrected chi connectivity index (χ0v) is 27.9. The van der Waals surface area contributed by atoms with Gasteiger partial charge in [-0.2, -0.15) is 0 Å². The molecule has 242 valence electrons. The third-order valence-electron chi connectivity index (χ3n) is 7.36. The maximum Gasteiger partial charge on any atom is 0.341 e. The van der Waals surface area contributed by atoms with Crippen molar-refractivity contribution < 1.29 is 28.6 Å². The van der Waals surface area contributed by atoms with E-state index in [0.717, 1.165) is 52.5 Å². The fraction of sp³-hybridized carbons (Fsp3) is 0.364. The quantitative estimate of drug-likeness (QED) is 0.135. The topological polar surface area (TPSA) is 134 Å². The van der Waals surface area contributed by atoms with Crippen LogP contribution in [0.1, 0.15) is 59.4 Å². The summed E-state index contributed by atoms with van der Waals surface area (Å²) < 4.78 is 17.9. The van der Waals surface area contributed by atoms with E-state index in [0.29, 0.717) is 28.2 Å². The maximum atomic E-state index is 13.5. The number of aryl methyl sites for hydroxylation is 1. The number of hydrogen-bond donors (Lipinski definition) is 2. The van der Waals surface area contributed by atoms with Crippen LogP contribution >= 0.6 is 23.1 Å². The summed E-state index contributed by atoms with van der Waals surface area (Å²) in [6, 6.07) is 14.8. The average Bonchev–Trinajstić information content (AvgIpc) is 3.76. The molecule has 46 heavy (non-hydrogen) atoms. The second kappa shape index (κ2) is 15.3. The number of esters is 1. The third-order valence-corrected chi connectivity index (χ3v) is 9.61. The number of fused-ring (bicyclic) bond motifs is 1. The molecule has 2 aromatic carbocycles. The lowest BCUT2D eigenvalue weighted by molar-refractivity contribution is -0.120. The van der Waals surface area contributed by atoms with Crippen molar-refractivity contribution >= 4 is 45.9 Å². The summed E-state index contributed by atoms with van der Waals surface area (Å²) in [7, 11) is 1.60. The first kappa shape index (κ1) is 33.0. The lowest BCUT2D eigenvalue weighted by Crippen LogP contribution is -2.26. The molecule has 0 radical (unpaired) electrons. The van der Waals surface area contributed by atoms with E-state index in [-0.39, 0.29) is 31.4 Å². The number of aromatic nitrogens is 3. The largest absolute Gasteiger partial charge is 0.497 e. The van der Waals surface area contributed by atoms with Crippen molar-refractivity contribution in [2.45, 2.75) is 63.4 Å². The fourth-order valence-corrected chi connectivity index (χ4v) is 7.28. The molecule has 2 N–H and O–H groups in total. The highest BCUT2D eigenvalue weighted by molar-refractivity contribution is 8.00. The van der Waals surface area contributed by atoms with E-state index in [2.05, 4.69) is 20.8 Å². The first-order valence-electron chi connectivity index (χ1n) is 15.2. The Kier molecular flexibility index (Phi) is 11.0. The van der Waals surface area contributed by atoms with Gasteiger partial charge in [-0.1, -0.05) is 23.9 Å². The molecule has 1 aliphatic rings. The Morgan fingerprint density at radius 2 is 1.74 bits per heavy atom. The van der Waals surface area contributed by atoms with E-state index < -0.39 is 11.2 Å². The monoisotopic (exact) mass is 663 g/mol. The molecule has 4 aromatic rings. The van der Waals surface area contributed by atoms with Crippen molar-refractivity contribution in [3.63, 3.8) is 0 Å². The maximum absolute atomic E-state index is 13.5. The Hall–Kier alpha value is -4.36. The van der Waals surface area contributed by atoms with Crippen molar-refractivity contribution in [1.29, 1.82) is 0 Å². The van der Waals surface area contributed by atoms with Gasteiger partial charge in [0.2, 0.25) is 11.8 Å². The number of carbonyl (C=O) groups is 3. The number of carbonyl (C=O) groups excluding carboxylic acids is 3. The lowest BCUT2D eigenvalue weighted by atomic mass is 10.1. The number of thioether (sulfide) groups is 1. The smallest absolute Gasteiger partial charge is 0.341 e. The molecule has 0 bridgehead atoms. The first-order chi connectivity index (χ1) is 22.3. The van der Waals surface area contributed by atoms with E-state index in [1.165, 1.54) is 23.1 Å². The molecule has 0 aliphatic heterocycles. The zero-order chi connectivity index (χ0) is 32.6. The highest BCUT2D eigenvalue weighted by Gasteiger charge is 2.30. The minimum atomic E-state index is -0.588. The van der Waals surface area contributed by atoms with Crippen molar-refractivity contribution in [2.24, 2.45) is 0 Å². The number of thiophene rings is 1. The number of benzene rings is 2. The Balaban J connectivity index is 1.33. The molecular formula is C33H37N5O6S2. The molecule has 0 unspecified atom stereocenters. The minimum absolute atomic E-state index is 0.125. The number of amides is 2. The van der Waals surface area contributed by atoms with Gasteiger partial charge in [-0.05, 0) is 87.6 Å². The van der Waals surface area contributed by atoms with Gasteiger partial charge in [-0.25, -0.2) is 4.79 Å². The van der Waals surface area contributed by atoms with Gasteiger partial charge in [0, 0.05) is 10.6 Å². The van der Waals surface area contributed by atoms with E-state index in [1.807, 2.05) is 60.0 Å². The highest BCUT2D eigenvalue weighted by Crippen LogP contribution is 2.40. The number of rotatable bonds is 14. The van der Waals surface area contributed by atoms with Crippen LogP contribution in [0.25, 0.3) is 5.69 Å². The number of anilines is 1. The Labute approximate surface area is 276 Å². The molecule has 11 nitrogen and oxygen atoms in total. The molecular weight excluding hydrogens is 627 g/mol. The molecule has 0 fully saturated rings. The summed E-state index contributed by atoms with van der Waals surface area (Å²) in [4.78, 5) is 40.2. The van der Waals surface area contributed by atoms with Crippen LogP contribution < -0.4 is 20.1 Å². The predicted octanol–water partition coefficient (Wildman–Crippen LogP) is 5.38. The van der Waals surface area contributed by atoms with Crippen molar-refractivity contribution in [2.75, 3.05) is 25.6 Å².